The monoisotopic (exact) mass is 499 g/mol. The first kappa shape index (κ1) is 23.3. The van der Waals surface area contributed by atoms with Crippen molar-refractivity contribution in [3.63, 3.8) is 0 Å². The number of carbonyl (C=O) groups is 1. The summed E-state index contributed by atoms with van der Waals surface area (Å²) in [6.07, 6.45) is 0. The number of rotatable bonds is 7. The summed E-state index contributed by atoms with van der Waals surface area (Å²) in [5.41, 5.74) is 0.965. The van der Waals surface area contributed by atoms with Gasteiger partial charge in [0, 0.05) is 24.3 Å². The molecule has 0 unspecified atom stereocenters. The molecule has 156 valence electrons. The average molecular weight is 500 g/mol. The molecule has 2 aromatic rings. The van der Waals surface area contributed by atoms with E-state index >= 15 is 0 Å². The molecular weight excluding hydrogens is 478 g/mol. The molecular formula is C19H22BrN3O4S2. The van der Waals surface area contributed by atoms with Crippen molar-refractivity contribution in [2.24, 2.45) is 0 Å². The number of nitrogens with one attached hydrogen (secondary N) is 2. The van der Waals surface area contributed by atoms with Crippen molar-refractivity contribution in [2.75, 3.05) is 25.5 Å². The number of hydrogen-bond donors (Lipinski definition) is 2. The highest BCUT2D eigenvalue weighted by atomic mass is 79.9. The lowest BCUT2D eigenvalue weighted by Gasteiger charge is -2.18. The van der Waals surface area contributed by atoms with Gasteiger partial charge in [0.25, 0.3) is 5.91 Å². The van der Waals surface area contributed by atoms with E-state index in [4.69, 9.17) is 17.0 Å². The topological polar surface area (TPSA) is 87.7 Å². The number of carbonyl (C=O) groups excluding carboxylic acids is 1. The molecule has 0 saturated heterocycles. The fourth-order valence-electron chi connectivity index (χ4n) is 2.57. The number of thiocarbonyl (C=S) groups is 1. The van der Waals surface area contributed by atoms with Crippen LogP contribution in [0.15, 0.2) is 51.8 Å². The van der Waals surface area contributed by atoms with E-state index in [1.807, 2.05) is 0 Å². The summed E-state index contributed by atoms with van der Waals surface area (Å²) in [4.78, 5) is 12.5. The highest BCUT2D eigenvalue weighted by Gasteiger charge is 2.21. The van der Waals surface area contributed by atoms with E-state index < -0.39 is 10.0 Å². The van der Waals surface area contributed by atoms with Crippen LogP contribution in [-0.4, -0.2) is 43.9 Å². The molecule has 0 bridgehead atoms. The highest BCUT2D eigenvalue weighted by molar-refractivity contribution is 9.10. The molecule has 0 radical (unpaired) electrons. The van der Waals surface area contributed by atoms with Crippen molar-refractivity contribution >= 4 is 54.9 Å². The van der Waals surface area contributed by atoms with Gasteiger partial charge in [-0.05, 0) is 70.6 Å². The molecule has 0 saturated carbocycles. The number of amides is 1. The van der Waals surface area contributed by atoms with Crippen LogP contribution in [0.1, 0.15) is 24.2 Å². The van der Waals surface area contributed by atoms with Gasteiger partial charge in [0.2, 0.25) is 10.0 Å². The van der Waals surface area contributed by atoms with Gasteiger partial charge >= 0.3 is 0 Å². The van der Waals surface area contributed by atoms with E-state index in [0.29, 0.717) is 34.6 Å². The van der Waals surface area contributed by atoms with Crippen LogP contribution >= 0.6 is 28.1 Å². The van der Waals surface area contributed by atoms with Gasteiger partial charge in [0.1, 0.15) is 5.75 Å². The Morgan fingerprint density at radius 2 is 1.76 bits per heavy atom. The summed E-state index contributed by atoms with van der Waals surface area (Å²) in [6.45, 7) is 4.38. The van der Waals surface area contributed by atoms with Crippen LogP contribution in [0.2, 0.25) is 0 Å². The molecule has 0 spiro atoms. The van der Waals surface area contributed by atoms with Gasteiger partial charge in [0.05, 0.1) is 16.5 Å². The molecule has 2 N–H and O–H groups in total. The van der Waals surface area contributed by atoms with Crippen molar-refractivity contribution in [1.29, 1.82) is 0 Å². The Morgan fingerprint density at radius 1 is 1.14 bits per heavy atom. The second-order valence-electron chi connectivity index (χ2n) is 5.87. The summed E-state index contributed by atoms with van der Waals surface area (Å²) >= 11 is 8.51. The van der Waals surface area contributed by atoms with E-state index in [1.54, 1.807) is 44.2 Å². The van der Waals surface area contributed by atoms with Crippen LogP contribution in [0.5, 0.6) is 5.75 Å². The molecule has 10 heteroatoms. The second-order valence-corrected chi connectivity index (χ2v) is 9.07. The molecule has 0 aliphatic rings. The third kappa shape index (κ3) is 5.75. The molecule has 0 aliphatic heterocycles. The number of methoxy groups -OCH3 is 1. The number of ether oxygens (including phenoxy) is 1. The second kappa shape index (κ2) is 10.1. The van der Waals surface area contributed by atoms with E-state index in [1.165, 1.54) is 23.5 Å². The minimum absolute atomic E-state index is 0.0984. The minimum Gasteiger partial charge on any atom is -0.496 e. The van der Waals surface area contributed by atoms with Crippen molar-refractivity contribution in [1.82, 2.24) is 9.62 Å². The van der Waals surface area contributed by atoms with E-state index in [0.717, 1.165) is 0 Å². The quantitative estimate of drug-likeness (QED) is 0.565. The van der Waals surface area contributed by atoms with Gasteiger partial charge in [0.15, 0.2) is 5.11 Å². The van der Waals surface area contributed by atoms with E-state index in [9.17, 15) is 13.2 Å². The van der Waals surface area contributed by atoms with Gasteiger partial charge in [-0.15, -0.1) is 0 Å². The summed E-state index contributed by atoms with van der Waals surface area (Å²) in [6, 6.07) is 11.1. The van der Waals surface area contributed by atoms with Crippen LogP contribution in [0, 0.1) is 0 Å². The van der Waals surface area contributed by atoms with E-state index in [-0.39, 0.29) is 15.9 Å². The molecule has 0 atom stereocenters. The molecule has 2 rings (SSSR count). The van der Waals surface area contributed by atoms with Crippen molar-refractivity contribution in [3.05, 3.63) is 52.5 Å². The molecule has 2 aromatic carbocycles. The maximum Gasteiger partial charge on any atom is 0.257 e. The third-order valence-electron chi connectivity index (χ3n) is 4.10. The number of sulfonamides is 1. The normalized spacial score (nSPS) is 11.2. The Morgan fingerprint density at radius 3 is 2.28 bits per heavy atom. The average Bonchev–Trinajstić information content (AvgIpc) is 2.68. The van der Waals surface area contributed by atoms with Crippen LogP contribution in [0.25, 0.3) is 0 Å². The Labute approximate surface area is 184 Å². The highest BCUT2D eigenvalue weighted by Crippen LogP contribution is 2.25. The first-order valence-corrected chi connectivity index (χ1v) is 11.4. The number of nitrogens with zero attached hydrogens (tertiary/aromatic N) is 1. The predicted octanol–water partition coefficient (Wildman–Crippen LogP) is 3.62. The standard InChI is InChI=1S/C19H22BrN3O4S2/c1-4-23(5-2)29(25,26)15-9-7-14(8-10-15)21-19(28)22-18(24)13-6-11-17(27-3)16(20)12-13/h6-12H,4-5H2,1-3H3,(H2,21,22,24,28). The van der Waals surface area contributed by atoms with Crippen LogP contribution in [-0.2, 0) is 10.0 Å². The van der Waals surface area contributed by atoms with Crippen molar-refractivity contribution in [2.45, 2.75) is 18.7 Å². The number of hydrogen-bond acceptors (Lipinski definition) is 5. The Hall–Kier alpha value is -2.01. The van der Waals surface area contributed by atoms with Gasteiger partial charge in [-0.3, -0.25) is 10.1 Å². The first-order valence-electron chi connectivity index (χ1n) is 8.79. The fraction of sp³-hybridized carbons (Fsp3) is 0.263. The van der Waals surface area contributed by atoms with Gasteiger partial charge in [-0.25, -0.2) is 8.42 Å². The molecule has 0 aliphatic carbocycles. The predicted molar refractivity (Wildman–Crippen MR) is 121 cm³/mol. The van der Waals surface area contributed by atoms with Crippen molar-refractivity contribution < 1.29 is 17.9 Å². The first-order chi connectivity index (χ1) is 13.7. The van der Waals surface area contributed by atoms with Crippen LogP contribution in [0.3, 0.4) is 0 Å². The summed E-state index contributed by atoms with van der Waals surface area (Å²) in [5.74, 6) is 0.230. The van der Waals surface area contributed by atoms with E-state index in [2.05, 4.69) is 26.6 Å². The third-order valence-corrected chi connectivity index (χ3v) is 6.98. The lowest BCUT2D eigenvalue weighted by atomic mass is 10.2. The Balaban J connectivity index is 2.04. The molecule has 0 heterocycles. The van der Waals surface area contributed by atoms with Crippen molar-refractivity contribution in [3.8, 4) is 5.75 Å². The molecule has 29 heavy (non-hydrogen) atoms. The Bertz CT molecular complexity index is 991. The molecule has 1 amide bonds. The van der Waals surface area contributed by atoms with Gasteiger partial charge in [-0.1, -0.05) is 13.8 Å². The smallest absolute Gasteiger partial charge is 0.257 e. The number of halogens is 1. The number of anilines is 1. The number of benzene rings is 2. The SMILES string of the molecule is CCN(CC)S(=O)(=O)c1ccc(NC(=S)NC(=O)c2ccc(OC)c(Br)c2)cc1. The molecule has 0 aromatic heterocycles. The van der Waals surface area contributed by atoms with Crippen LogP contribution < -0.4 is 15.4 Å². The minimum atomic E-state index is -3.52. The van der Waals surface area contributed by atoms with Gasteiger partial charge in [-0.2, -0.15) is 4.31 Å². The lowest BCUT2D eigenvalue weighted by molar-refractivity contribution is 0.0977. The lowest BCUT2D eigenvalue weighted by Crippen LogP contribution is -2.34. The van der Waals surface area contributed by atoms with Crippen LogP contribution in [0.4, 0.5) is 5.69 Å². The zero-order valence-corrected chi connectivity index (χ0v) is 19.4. The summed E-state index contributed by atoms with van der Waals surface area (Å²) < 4.78 is 32.2. The zero-order valence-electron chi connectivity index (χ0n) is 16.2. The summed E-state index contributed by atoms with van der Waals surface area (Å²) in [5, 5.41) is 5.55. The Kier molecular flexibility index (Phi) is 8.14. The maximum absolute atomic E-state index is 12.5. The molecule has 0 fully saturated rings. The zero-order chi connectivity index (χ0) is 21.6. The maximum atomic E-state index is 12.5. The summed E-state index contributed by atoms with van der Waals surface area (Å²) in [7, 11) is -1.98. The van der Waals surface area contributed by atoms with Gasteiger partial charge < -0.3 is 10.1 Å². The molecule has 7 nitrogen and oxygen atoms in total. The largest absolute Gasteiger partial charge is 0.496 e. The fourth-order valence-corrected chi connectivity index (χ4v) is 4.78.